The van der Waals surface area contributed by atoms with Crippen LogP contribution in [0.15, 0.2) is 42.7 Å². The van der Waals surface area contributed by atoms with Gasteiger partial charge < -0.3 is 10.2 Å². The van der Waals surface area contributed by atoms with Crippen molar-refractivity contribution in [3.63, 3.8) is 0 Å². The monoisotopic (exact) mass is 543 g/mol. The molecule has 4 rings (SSSR count). The zero-order chi connectivity index (χ0) is 30.3. The van der Waals surface area contributed by atoms with Gasteiger partial charge in [0, 0.05) is 17.4 Å². The SMILES string of the molecule is BC1(B)N(c2cc(Nc3ncn(-c4ccc(F)c(F)c4)n3)cc(C(F)(F)F)c2)C(B)(B)C(B)(B)C(B)(B)C1(B)B. The first kappa shape index (κ1) is 30.4. The van der Waals surface area contributed by atoms with Gasteiger partial charge in [-0.05, 0) is 41.0 Å². The number of nitrogens with zero attached hydrogens (tertiary/aromatic N) is 4. The van der Waals surface area contributed by atoms with Crippen LogP contribution in [0.5, 0.6) is 0 Å². The van der Waals surface area contributed by atoms with Crippen molar-refractivity contribution >= 4 is 95.8 Å². The number of piperidine rings is 1. The van der Waals surface area contributed by atoms with Crippen molar-refractivity contribution in [2.45, 2.75) is 32.5 Å². The molecule has 1 fully saturated rings. The van der Waals surface area contributed by atoms with Gasteiger partial charge in [-0.3, -0.25) is 0 Å². The second-order valence-electron chi connectivity index (χ2n) is 13.3. The summed E-state index contributed by atoms with van der Waals surface area (Å²) in [5.74, 6) is -2.04. The van der Waals surface area contributed by atoms with Crippen LogP contribution < -0.4 is 10.2 Å². The molecule has 198 valence electrons. The molecule has 0 spiro atoms. The first-order valence-electron chi connectivity index (χ1n) is 13.2. The fraction of sp³-hybridized carbons (Fsp3) is 0.300. The van der Waals surface area contributed by atoms with E-state index in [1.165, 1.54) is 23.1 Å². The molecule has 0 amide bonds. The van der Waals surface area contributed by atoms with Gasteiger partial charge in [-0.2, -0.15) is 18.2 Å². The molecule has 1 saturated heterocycles. The van der Waals surface area contributed by atoms with Crippen molar-refractivity contribution in [3.05, 3.63) is 59.9 Å². The second-order valence-corrected chi connectivity index (χ2v) is 13.3. The van der Waals surface area contributed by atoms with Gasteiger partial charge in [-0.25, -0.2) is 13.5 Å². The topological polar surface area (TPSA) is 46.0 Å². The average Bonchev–Trinajstić information content (AvgIpc) is 3.27. The van der Waals surface area contributed by atoms with E-state index >= 15 is 0 Å². The minimum atomic E-state index is -4.60. The Morgan fingerprint density at radius 3 is 1.80 bits per heavy atom. The number of hydrogen-bond acceptors (Lipinski definition) is 4. The Bertz CT molecular complexity index is 1430. The van der Waals surface area contributed by atoms with Crippen molar-refractivity contribution in [2.24, 2.45) is 0 Å². The molecule has 2 aromatic carbocycles. The van der Waals surface area contributed by atoms with Gasteiger partial charge in [-0.15, -0.1) is 5.10 Å². The van der Waals surface area contributed by atoms with Crippen LogP contribution in [-0.2, 0) is 6.18 Å². The van der Waals surface area contributed by atoms with E-state index in [0.29, 0.717) is 5.69 Å². The summed E-state index contributed by atoms with van der Waals surface area (Å²) < 4.78 is 70.9. The molecule has 40 heavy (non-hydrogen) atoms. The third-order valence-corrected chi connectivity index (χ3v) is 10.7. The quantitative estimate of drug-likeness (QED) is 0.266. The summed E-state index contributed by atoms with van der Waals surface area (Å²) in [6.07, 6.45) is -3.33. The predicted octanol–water partition coefficient (Wildman–Crippen LogP) is -4.88. The van der Waals surface area contributed by atoms with Crippen molar-refractivity contribution in [1.82, 2.24) is 14.8 Å². The molecule has 1 aromatic heterocycles. The average molecular weight is 542 g/mol. The summed E-state index contributed by atoms with van der Waals surface area (Å²) in [5.41, 5.74) is -0.0171. The molecular formula is C20H28B10F5N5. The number of rotatable bonds is 4. The summed E-state index contributed by atoms with van der Waals surface area (Å²) in [6, 6.07) is 7.15. The van der Waals surface area contributed by atoms with E-state index in [1.54, 1.807) is 6.07 Å². The lowest BCUT2D eigenvalue weighted by Crippen LogP contribution is -2.81. The highest BCUT2D eigenvalue weighted by Crippen LogP contribution is 2.69. The number of nitrogens with one attached hydrogen (secondary N) is 1. The summed E-state index contributed by atoms with van der Waals surface area (Å²) in [7, 11) is 21.5. The highest BCUT2D eigenvalue weighted by Gasteiger charge is 2.65. The van der Waals surface area contributed by atoms with Crippen LogP contribution in [-0.4, -0.2) is 104 Å². The predicted molar refractivity (Wildman–Crippen MR) is 177 cm³/mol. The molecule has 1 N–H and O–H groups in total. The molecule has 0 atom stereocenters. The van der Waals surface area contributed by atoms with E-state index in [-0.39, 0.29) is 33.0 Å². The van der Waals surface area contributed by atoms with Gasteiger partial charge in [0.1, 0.15) is 37.7 Å². The maximum absolute atomic E-state index is 14.2. The van der Waals surface area contributed by atoms with E-state index in [2.05, 4.69) is 98.8 Å². The molecule has 2 heterocycles. The molecule has 0 aliphatic carbocycles. The fourth-order valence-electron chi connectivity index (χ4n) is 6.39. The van der Waals surface area contributed by atoms with Crippen LogP contribution in [0, 0.1) is 11.6 Å². The van der Waals surface area contributed by atoms with E-state index in [9.17, 15) is 22.0 Å². The first-order chi connectivity index (χ1) is 18.1. The van der Waals surface area contributed by atoms with Gasteiger partial charge in [0.15, 0.2) is 11.6 Å². The molecule has 0 unspecified atom stereocenters. The summed E-state index contributed by atoms with van der Waals surface area (Å²) in [4.78, 5) is 6.25. The molecular weight excluding hydrogens is 513 g/mol. The molecule has 20 heteroatoms. The van der Waals surface area contributed by atoms with Crippen LogP contribution in [0.2, 0.25) is 15.6 Å². The molecule has 3 aromatic rings. The van der Waals surface area contributed by atoms with Gasteiger partial charge in [0.25, 0.3) is 0 Å². The minimum absolute atomic E-state index is 0.00830. The van der Waals surface area contributed by atoms with Crippen molar-refractivity contribution < 1.29 is 22.0 Å². The first-order valence-corrected chi connectivity index (χ1v) is 13.2. The Labute approximate surface area is 240 Å². The van der Waals surface area contributed by atoms with Crippen LogP contribution in [0.4, 0.5) is 39.3 Å². The number of hydrogen-bond donors (Lipinski definition) is 1. The highest BCUT2D eigenvalue weighted by molar-refractivity contribution is 6.71. The van der Waals surface area contributed by atoms with Crippen LogP contribution in [0.25, 0.3) is 5.69 Å². The molecule has 0 bridgehead atoms. The molecule has 1 aliphatic rings. The number of aromatic nitrogens is 3. The zero-order valence-electron chi connectivity index (χ0n) is 24.7. The standard InChI is InChI=1S/C20H28B10F5N5/c21-16(22)17(23,24)19(27,28)40(20(29,30)18(16,25)26)11-4-8(15(33,34)35)3-9(5-11)37-14-36-7-39(38-14)10-1-2-12(31)13(32)6-10/h1-7H,21-30H2,(H,37,38). The molecule has 5 nitrogen and oxygen atoms in total. The van der Waals surface area contributed by atoms with Crippen molar-refractivity contribution in [1.29, 1.82) is 0 Å². The maximum Gasteiger partial charge on any atom is 0.416 e. The molecule has 0 radical (unpaired) electrons. The van der Waals surface area contributed by atoms with Gasteiger partial charge >= 0.3 is 6.18 Å². The largest absolute Gasteiger partial charge is 0.416 e. The smallest absolute Gasteiger partial charge is 0.394 e. The van der Waals surface area contributed by atoms with E-state index in [1.807, 2.05) is 0 Å². The lowest BCUT2D eigenvalue weighted by Gasteiger charge is -2.77. The number of alkyl halides is 3. The fourth-order valence-corrected chi connectivity index (χ4v) is 6.39. The van der Waals surface area contributed by atoms with E-state index in [4.69, 9.17) is 0 Å². The summed E-state index contributed by atoms with van der Waals surface area (Å²) >= 11 is 0. The Morgan fingerprint density at radius 1 is 0.700 bits per heavy atom. The van der Waals surface area contributed by atoms with Crippen molar-refractivity contribution in [2.75, 3.05) is 10.2 Å². The normalized spacial score (nSPS) is 20.6. The maximum atomic E-state index is 14.2. The van der Waals surface area contributed by atoms with Crippen LogP contribution >= 0.6 is 0 Å². The lowest BCUT2D eigenvalue weighted by atomic mass is 9.05. The van der Waals surface area contributed by atoms with Gasteiger partial charge in [0.05, 0.1) is 58.3 Å². The summed E-state index contributed by atoms with van der Waals surface area (Å²) in [5, 5.41) is 5.19. The number of anilines is 3. The Morgan fingerprint density at radius 2 is 1.27 bits per heavy atom. The second kappa shape index (κ2) is 9.24. The Balaban J connectivity index is 1.83. The van der Waals surface area contributed by atoms with Gasteiger partial charge in [0.2, 0.25) is 5.95 Å². The molecule has 1 aliphatic heterocycles. The van der Waals surface area contributed by atoms with Gasteiger partial charge in [-0.1, -0.05) is 15.6 Å². The van der Waals surface area contributed by atoms with E-state index < -0.39 is 34.0 Å². The summed E-state index contributed by atoms with van der Waals surface area (Å²) in [6.45, 7) is 0. The number of halogens is 5. The lowest BCUT2D eigenvalue weighted by molar-refractivity contribution is -0.137. The number of benzene rings is 2. The Hall–Kier alpha value is -2.52. The zero-order valence-corrected chi connectivity index (χ0v) is 24.7. The third kappa shape index (κ3) is 4.44. The highest BCUT2D eigenvalue weighted by atomic mass is 19.4. The van der Waals surface area contributed by atoms with Crippen molar-refractivity contribution in [3.8, 4) is 5.69 Å². The van der Waals surface area contributed by atoms with Crippen LogP contribution in [0.1, 0.15) is 5.56 Å². The van der Waals surface area contributed by atoms with Crippen LogP contribution in [0.3, 0.4) is 0 Å². The minimum Gasteiger partial charge on any atom is -0.394 e. The Kier molecular flexibility index (Phi) is 7.03. The third-order valence-electron chi connectivity index (χ3n) is 10.7. The van der Waals surface area contributed by atoms with E-state index in [0.717, 1.165) is 18.2 Å². The molecule has 0 saturated carbocycles.